The molecular weight excluding hydrogens is 196 g/mol. The molecule has 0 aliphatic carbocycles. The summed E-state index contributed by atoms with van der Waals surface area (Å²) in [5.41, 5.74) is 0. The van der Waals surface area contributed by atoms with Crippen molar-refractivity contribution in [3.05, 3.63) is 24.3 Å². The third kappa shape index (κ3) is 3.50. The van der Waals surface area contributed by atoms with Gasteiger partial charge in [-0.15, -0.1) is 0 Å². The topological polar surface area (TPSA) is 44.8 Å². The molecule has 0 aliphatic rings. The van der Waals surface area contributed by atoms with Gasteiger partial charge in [0.25, 0.3) is 0 Å². The summed E-state index contributed by atoms with van der Waals surface area (Å²) in [6.07, 6.45) is 0. The maximum atomic E-state index is 10.9. The summed E-state index contributed by atoms with van der Waals surface area (Å²) in [5, 5.41) is 0. The van der Waals surface area contributed by atoms with Crippen molar-refractivity contribution >= 4 is 5.97 Å². The summed E-state index contributed by atoms with van der Waals surface area (Å²) in [7, 11) is 1.31. The summed E-state index contributed by atoms with van der Waals surface area (Å²) in [6.45, 7) is 2.28. The van der Waals surface area contributed by atoms with Gasteiger partial charge in [0.15, 0.2) is 18.1 Å². The molecule has 0 atom stereocenters. The van der Waals surface area contributed by atoms with Crippen LogP contribution in [-0.4, -0.2) is 26.3 Å². The standard InChI is InChI=1S/C11H13O4/c1-3-14-9-6-4-5-7-10(9)15-8-11(12)13-2/h5-7H,3,8H2,1-2H3. The molecule has 0 bridgehead atoms. The maximum absolute atomic E-state index is 10.9. The smallest absolute Gasteiger partial charge is 0.343 e. The van der Waals surface area contributed by atoms with Crippen molar-refractivity contribution in [3.63, 3.8) is 0 Å². The number of carbonyl (C=O) groups excluding carboxylic acids is 1. The Morgan fingerprint density at radius 3 is 2.87 bits per heavy atom. The molecule has 0 unspecified atom stereocenters. The van der Waals surface area contributed by atoms with E-state index in [0.717, 1.165) is 0 Å². The van der Waals surface area contributed by atoms with Crippen LogP contribution in [0.15, 0.2) is 18.2 Å². The maximum Gasteiger partial charge on any atom is 0.343 e. The van der Waals surface area contributed by atoms with Crippen LogP contribution >= 0.6 is 0 Å². The van der Waals surface area contributed by atoms with Gasteiger partial charge >= 0.3 is 5.97 Å². The Hall–Kier alpha value is -1.71. The molecule has 1 radical (unpaired) electrons. The van der Waals surface area contributed by atoms with Crippen LogP contribution in [0.4, 0.5) is 0 Å². The Kier molecular flexibility index (Phi) is 4.47. The lowest BCUT2D eigenvalue weighted by Gasteiger charge is -2.10. The zero-order valence-corrected chi connectivity index (χ0v) is 8.78. The van der Waals surface area contributed by atoms with E-state index in [1.54, 1.807) is 18.2 Å². The van der Waals surface area contributed by atoms with Crippen LogP contribution in [0.3, 0.4) is 0 Å². The first-order chi connectivity index (χ1) is 7.27. The van der Waals surface area contributed by atoms with E-state index >= 15 is 0 Å². The van der Waals surface area contributed by atoms with Gasteiger partial charge < -0.3 is 14.2 Å². The molecule has 0 spiro atoms. The molecule has 0 heterocycles. The van der Waals surface area contributed by atoms with Gasteiger partial charge in [0, 0.05) is 0 Å². The second-order valence-corrected chi connectivity index (χ2v) is 2.67. The lowest BCUT2D eigenvalue weighted by atomic mass is 10.3. The SMILES string of the molecule is CCOc1c[c]ccc1OCC(=O)OC. The van der Waals surface area contributed by atoms with Crippen LogP contribution in [0.2, 0.25) is 0 Å². The van der Waals surface area contributed by atoms with Crippen molar-refractivity contribution in [2.24, 2.45) is 0 Å². The molecule has 0 N–H and O–H groups in total. The first-order valence-corrected chi connectivity index (χ1v) is 4.60. The van der Waals surface area contributed by atoms with Gasteiger partial charge in [-0.1, -0.05) is 6.07 Å². The van der Waals surface area contributed by atoms with Crippen molar-refractivity contribution in [3.8, 4) is 11.5 Å². The summed E-state index contributed by atoms with van der Waals surface area (Å²) >= 11 is 0. The van der Waals surface area contributed by atoms with E-state index < -0.39 is 5.97 Å². The van der Waals surface area contributed by atoms with E-state index in [1.807, 2.05) is 6.92 Å². The lowest BCUT2D eigenvalue weighted by molar-refractivity contribution is -0.142. The van der Waals surface area contributed by atoms with Gasteiger partial charge in [-0.3, -0.25) is 0 Å². The first-order valence-electron chi connectivity index (χ1n) is 4.60. The molecular formula is C11H13O4. The second kappa shape index (κ2) is 5.90. The highest BCUT2D eigenvalue weighted by Gasteiger charge is 2.06. The minimum absolute atomic E-state index is 0.124. The number of carbonyl (C=O) groups is 1. The normalized spacial score (nSPS) is 9.47. The first kappa shape index (κ1) is 11.4. The van der Waals surface area contributed by atoms with E-state index in [4.69, 9.17) is 9.47 Å². The van der Waals surface area contributed by atoms with Gasteiger partial charge in [0.2, 0.25) is 0 Å². The Bertz CT molecular complexity index is 322. The quantitative estimate of drug-likeness (QED) is 0.688. The fourth-order valence-corrected chi connectivity index (χ4v) is 0.984. The van der Waals surface area contributed by atoms with E-state index in [9.17, 15) is 4.79 Å². The molecule has 4 heteroatoms. The van der Waals surface area contributed by atoms with Crippen molar-refractivity contribution in [1.29, 1.82) is 0 Å². The van der Waals surface area contributed by atoms with E-state index in [1.165, 1.54) is 7.11 Å². The molecule has 0 aliphatic heterocycles. The Morgan fingerprint density at radius 2 is 2.20 bits per heavy atom. The minimum atomic E-state index is -0.426. The van der Waals surface area contributed by atoms with E-state index in [0.29, 0.717) is 18.1 Å². The minimum Gasteiger partial charge on any atom is -0.490 e. The molecule has 0 fully saturated rings. The summed E-state index contributed by atoms with van der Waals surface area (Å²) in [4.78, 5) is 10.9. The average Bonchev–Trinajstić information content (AvgIpc) is 2.28. The zero-order chi connectivity index (χ0) is 11.1. The van der Waals surface area contributed by atoms with Crippen molar-refractivity contribution < 1.29 is 19.0 Å². The monoisotopic (exact) mass is 209 g/mol. The summed E-state index contributed by atoms with van der Waals surface area (Å²) in [5.74, 6) is 0.662. The van der Waals surface area contributed by atoms with Gasteiger partial charge in [0.05, 0.1) is 13.7 Å². The van der Waals surface area contributed by atoms with Crippen molar-refractivity contribution in [2.45, 2.75) is 6.92 Å². The van der Waals surface area contributed by atoms with Crippen LogP contribution in [0.25, 0.3) is 0 Å². The molecule has 0 saturated heterocycles. The third-order valence-electron chi connectivity index (χ3n) is 1.66. The number of rotatable bonds is 5. The van der Waals surface area contributed by atoms with Gasteiger partial charge in [-0.25, -0.2) is 4.79 Å². The van der Waals surface area contributed by atoms with Crippen LogP contribution in [0.5, 0.6) is 11.5 Å². The molecule has 0 aromatic heterocycles. The van der Waals surface area contributed by atoms with Crippen LogP contribution in [-0.2, 0) is 9.53 Å². The summed E-state index contributed by atoms with van der Waals surface area (Å²) in [6, 6.07) is 7.91. The number of hydrogen-bond acceptors (Lipinski definition) is 4. The molecule has 0 saturated carbocycles. The number of hydrogen-bond donors (Lipinski definition) is 0. The number of methoxy groups -OCH3 is 1. The fourth-order valence-electron chi connectivity index (χ4n) is 0.984. The van der Waals surface area contributed by atoms with Crippen LogP contribution < -0.4 is 9.47 Å². The van der Waals surface area contributed by atoms with Crippen molar-refractivity contribution in [2.75, 3.05) is 20.3 Å². The molecule has 1 rings (SSSR count). The number of ether oxygens (including phenoxy) is 3. The van der Waals surface area contributed by atoms with Gasteiger partial charge in [0.1, 0.15) is 0 Å². The number of benzene rings is 1. The highest BCUT2D eigenvalue weighted by molar-refractivity contribution is 5.71. The van der Waals surface area contributed by atoms with Crippen LogP contribution in [0.1, 0.15) is 6.92 Å². The Morgan fingerprint density at radius 1 is 1.40 bits per heavy atom. The zero-order valence-electron chi connectivity index (χ0n) is 8.78. The highest BCUT2D eigenvalue weighted by Crippen LogP contribution is 2.25. The molecule has 15 heavy (non-hydrogen) atoms. The molecule has 4 nitrogen and oxygen atoms in total. The van der Waals surface area contributed by atoms with Crippen molar-refractivity contribution in [1.82, 2.24) is 0 Å². The Labute approximate surface area is 88.8 Å². The molecule has 81 valence electrons. The largest absolute Gasteiger partial charge is 0.490 e. The second-order valence-electron chi connectivity index (χ2n) is 2.67. The number of esters is 1. The van der Waals surface area contributed by atoms with E-state index in [-0.39, 0.29) is 6.61 Å². The van der Waals surface area contributed by atoms with E-state index in [2.05, 4.69) is 10.8 Å². The van der Waals surface area contributed by atoms with Crippen LogP contribution in [0, 0.1) is 6.07 Å². The van der Waals surface area contributed by atoms with Gasteiger partial charge in [-0.05, 0) is 25.1 Å². The fraction of sp³-hybridized carbons (Fsp3) is 0.364. The summed E-state index contributed by atoms with van der Waals surface area (Å²) < 4.78 is 15.0. The third-order valence-corrected chi connectivity index (χ3v) is 1.66. The highest BCUT2D eigenvalue weighted by atomic mass is 16.6. The van der Waals surface area contributed by atoms with Gasteiger partial charge in [-0.2, -0.15) is 0 Å². The molecule has 1 aromatic carbocycles. The Balaban J connectivity index is 2.62. The predicted octanol–water partition coefficient (Wildman–Crippen LogP) is 1.44. The molecule has 1 aromatic rings. The predicted molar refractivity (Wildman–Crippen MR) is 54.0 cm³/mol. The molecule has 0 amide bonds. The average molecular weight is 209 g/mol. The lowest BCUT2D eigenvalue weighted by Crippen LogP contribution is -2.13.